The first kappa shape index (κ1) is 13.6. The van der Waals surface area contributed by atoms with E-state index < -0.39 is 0 Å². The van der Waals surface area contributed by atoms with Crippen molar-refractivity contribution in [3.63, 3.8) is 0 Å². The summed E-state index contributed by atoms with van der Waals surface area (Å²) in [4.78, 5) is 5.23. The molecule has 0 saturated heterocycles. The van der Waals surface area contributed by atoms with E-state index in [4.69, 9.17) is 4.74 Å². The van der Waals surface area contributed by atoms with Gasteiger partial charge >= 0.3 is 0 Å². The summed E-state index contributed by atoms with van der Waals surface area (Å²) >= 11 is 1.63. The van der Waals surface area contributed by atoms with E-state index >= 15 is 0 Å². The Bertz CT molecular complexity index is 553. The molecule has 1 aromatic carbocycles. The molecule has 1 aliphatic carbocycles. The Morgan fingerprint density at radius 3 is 2.65 bits per heavy atom. The van der Waals surface area contributed by atoms with Gasteiger partial charge < -0.3 is 10.1 Å². The molecule has 0 bridgehead atoms. The van der Waals surface area contributed by atoms with Crippen LogP contribution in [0.25, 0.3) is 0 Å². The molecule has 0 unspecified atom stereocenters. The van der Waals surface area contributed by atoms with Crippen molar-refractivity contribution in [2.45, 2.75) is 45.9 Å². The number of benzene rings is 1. The first-order chi connectivity index (χ1) is 9.72. The van der Waals surface area contributed by atoms with Gasteiger partial charge in [0.25, 0.3) is 0 Å². The maximum atomic E-state index is 5.95. The number of rotatable bonds is 6. The molecule has 3 nitrogen and oxygen atoms in total. The van der Waals surface area contributed by atoms with Crippen molar-refractivity contribution in [3.8, 4) is 5.75 Å². The Morgan fingerprint density at radius 2 is 2.05 bits per heavy atom. The molecule has 3 rings (SSSR count). The van der Waals surface area contributed by atoms with Crippen molar-refractivity contribution in [2.24, 2.45) is 0 Å². The molecule has 0 spiro atoms. The summed E-state index contributed by atoms with van der Waals surface area (Å²) in [5.74, 6) is 1.01. The van der Waals surface area contributed by atoms with Crippen LogP contribution < -0.4 is 10.1 Å². The topological polar surface area (TPSA) is 34.1 Å². The fourth-order valence-corrected chi connectivity index (χ4v) is 2.88. The fourth-order valence-electron chi connectivity index (χ4n) is 2.38. The van der Waals surface area contributed by atoms with Crippen LogP contribution in [0.1, 0.15) is 34.4 Å². The van der Waals surface area contributed by atoms with Crippen LogP contribution in [-0.2, 0) is 13.2 Å². The number of ether oxygens (including phenoxy) is 1. The highest BCUT2D eigenvalue weighted by molar-refractivity contribution is 7.09. The highest BCUT2D eigenvalue weighted by Crippen LogP contribution is 2.27. The average Bonchev–Trinajstić information content (AvgIpc) is 3.10. The molecule has 0 aliphatic heterocycles. The summed E-state index contributed by atoms with van der Waals surface area (Å²) in [5.41, 5.74) is 5.60. The zero-order valence-electron chi connectivity index (χ0n) is 12.0. The minimum atomic E-state index is 0.603. The van der Waals surface area contributed by atoms with Gasteiger partial charge in [-0.25, -0.2) is 0 Å². The highest BCUT2D eigenvalue weighted by Gasteiger charge is 2.20. The van der Waals surface area contributed by atoms with Gasteiger partial charge in [-0.1, -0.05) is 12.1 Å². The Morgan fingerprint density at radius 1 is 1.30 bits per heavy atom. The van der Waals surface area contributed by atoms with Crippen LogP contribution in [0.5, 0.6) is 5.75 Å². The lowest BCUT2D eigenvalue weighted by molar-refractivity contribution is 0.305. The van der Waals surface area contributed by atoms with E-state index in [0.717, 1.165) is 23.2 Å². The summed E-state index contributed by atoms with van der Waals surface area (Å²) in [6.07, 6.45) is 4.52. The third-order valence-electron chi connectivity index (χ3n) is 3.53. The third kappa shape index (κ3) is 3.38. The van der Waals surface area contributed by atoms with E-state index in [0.29, 0.717) is 6.61 Å². The molecule has 1 saturated carbocycles. The maximum absolute atomic E-state index is 5.95. The van der Waals surface area contributed by atoms with E-state index in [1.807, 2.05) is 11.7 Å². The lowest BCUT2D eigenvalue weighted by Crippen LogP contribution is -2.15. The summed E-state index contributed by atoms with van der Waals surface area (Å²) in [6.45, 7) is 5.80. The zero-order valence-corrected chi connectivity index (χ0v) is 12.8. The lowest BCUT2D eigenvalue weighted by atomic mass is 10.1. The van der Waals surface area contributed by atoms with Crippen molar-refractivity contribution in [1.29, 1.82) is 0 Å². The van der Waals surface area contributed by atoms with Gasteiger partial charge in [0.1, 0.15) is 12.4 Å². The van der Waals surface area contributed by atoms with E-state index in [1.165, 1.54) is 29.5 Å². The SMILES string of the molecule is Cc1cc(CNC2CC2)cc(C)c1OCc1cncs1. The second-order valence-electron chi connectivity index (χ2n) is 5.47. The number of hydrogen-bond donors (Lipinski definition) is 1. The molecule has 0 radical (unpaired) electrons. The number of aryl methyl sites for hydroxylation is 2. The standard InChI is InChI=1S/C16H20N2OS/c1-11-5-13(7-18-14-3-4-14)6-12(2)16(11)19-9-15-8-17-10-20-15/h5-6,8,10,14,18H,3-4,7,9H2,1-2H3. The quantitative estimate of drug-likeness (QED) is 0.882. The molecule has 1 N–H and O–H groups in total. The molecular formula is C16H20N2OS. The summed E-state index contributed by atoms with van der Waals surface area (Å²) < 4.78 is 5.95. The van der Waals surface area contributed by atoms with Crippen LogP contribution in [0.3, 0.4) is 0 Å². The van der Waals surface area contributed by atoms with E-state index in [-0.39, 0.29) is 0 Å². The van der Waals surface area contributed by atoms with Crippen LogP contribution in [-0.4, -0.2) is 11.0 Å². The van der Waals surface area contributed by atoms with Crippen molar-refractivity contribution >= 4 is 11.3 Å². The minimum absolute atomic E-state index is 0.603. The molecule has 0 atom stereocenters. The van der Waals surface area contributed by atoms with E-state index in [1.54, 1.807) is 11.3 Å². The average molecular weight is 288 g/mol. The smallest absolute Gasteiger partial charge is 0.125 e. The predicted molar refractivity (Wildman–Crippen MR) is 82.2 cm³/mol. The largest absolute Gasteiger partial charge is 0.487 e. The van der Waals surface area contributed by atoms with Gasteiger partial charge in [0.15, 0.2) is 0 Å². The first-order valence-electron chi connectivity index (χ1n) is 7.06. The van der Waals surface area contributed by atoms with Crippen molar-refractivity contribution in [3.05, 3.63) is 45.4 Å². The number of hydrogen-bond acceptors (Lipinski definition) is 4. The molecule has 2 aromatic rings. The molecule has 106 valence electrons. The van der Waals surface area contributed by atoms with Gasteiger partial charge in [0, 0.05) is 18.8 Å². The highest BCUT2D eigenvalue weighted by atomic mass is 32.1. The normalized spacial score (nSPS) is 14.5. The van der Waals surface area contributed by atoms with Crippen molar-refractivity contribution < 1.29 is 4.74 Å². The molecule has 1 heterocycles. The van der Waals surface area contributed by atoms with Crippen LogP contribution in [0.15, 0.2) is 23.8 Å². The second kappa shape index (κ2) is 5.94. The van der Waals surface area contributed by atoms with Gasteiger partial charge in [-0.2, -0.15) is 0 Å². The number of thiazole rings is 1. The van der Waals surface area contributed by atoms with Crippen molar-refractivity contribution in [1.82, 2.24) is 10.3 Å². The van der Waals surface area contributed by atoms with Crippen LogP contribution in [0, 0.1) is 13.8 Å². The Kier molecular flexibility index (Phi) is 4.03. The van der Waals surface area contributed by atoms with Gasteiger partial charge in [0.05, 0.1) is 10.4 Å². The summed E-state index contributed by atoms with van der Waals surface area (Å²) in [5, 5.41) is 3.55. The number of nitrogens with one attached hydrogen (secondary N) is 1. The molecular weight excluding hydrogens is 268 g/mol. The first-order valence-corrected chi connectivity index (χ1v) is 7.94. The summed E-state index contributed by atoms with van der Waals surface area (Å²) in [6, 6.07) is 5.20. The van der Waals surface area contributed by atoms with Crippen LogP contribution in [0.2, 0.25) is 0 Å². The van der Waals surface area contributed by atoms with E-state index in [9.17, 15) is 0 Å². The number of aromatic nitrogens is 1. The molecule has 1 fully saturated rings. The molecule has 0 amide bonds. The number of nitrogens with zero attached hydrogens (tertiary/aromatic N) is 1. The molecule has 1 aromatic heterocycles. The maximum Gasteiger partial charge on any atom is 0.125 e. The zero-order chi connectivity index (χ0) is 13.9. The Labute approximate surface area is 124 Å². The van der Waals surface area contributed by atoms with Gasteiger partial charge in [-0.05, 0) is 43.4 Å². The predicted octanol–water partition coefficient (Wildman–Crippen LogP) is 3.59. The Hall–Kier alpha value is -1.39. The Balaban J connectivity index is 1.67. The second-order valence-corrected chi connectivity index (χ2v) is 6.44. The van der Waals surface area contributed by atoms with Gasteiger partial charge in [0.2, 0.25) is 0 Å². The van der Waals surface area contributed by atoms with Crippen LogP contribution >= 0.6 is 11.3 Å². The lowest BCUT2D eigenvalue weighted by Gasteiger charge is -2.14. The summed E-state index contributed by atoms with van der Waals surface area (Å²) in [7, 11) is 0. The molecule has 1 aliphatic rings. The van der Waals surface area contributed by atoms with E-state index in [2.05, 4.69) is 36.3 Å². The van der Waals surface area contributed by atoms with Gasteiger partial charge in [-0.3, -0.25) is 4.98 Å². The third-order valence-corrected chi connectivity index (χ3v) is 4.29. The molecule has 4 heteroatoms. The monoisotopic (exact) mass is 288 g/mol. The fraction of sp³-hybridized carbons (Fsp3) is 0.438. The molecule has 20 heavy (non-hydrogen) atoms. The minimum Gasteiger partial charge on any atom is -0.487 e. The van der Waals surface area contributed by atoms with Crippen molar-refractivity contribution in [2.75, 3.05) is 0 Å². The van der Waals surface area contributed by atoms with Gasteiger partial charge in [-0.15, -0.1) is 11.3 Å². The van der Waals surface area contributed by atoms with Crippen LogP contribution in [0.4, 0.5) is 0 Å².